The molecule has 0 aromatic heterocycles. The Hall–Kier alpha value is -3.33. The van der Waals surface area contributed by atoms with Crippen LogP contribution in [0.5, 0.6) is 0 Å². The summed E-state index contributed by atoms with van der Waals surface area (Å²) in [6.45, 7) is 19.3. The van der Waals surface area contributed by atoms with Gasteiger partial charge in [0.2, 0.25) is 0 Å². The summed E-state index contributed by atoms with van der Waals surface area (Å²) in [4.78, 5) is 72.7. The molecule has 69 heavy (non-hydrogen) atoms. The molecule has 1 saturated heterocycles. The summed E-state index contributed by atoms with van der Waals surface area (Å²) in [5.41, 5.74) is -0.887. The van der Waals surface area contributed by atoms with Gasteiger partial charge in [0, 0.05) is 46.1 Å². The second kappa shape index (κ2) is 26.4. The first-order valence-electron chi connectivity index (χ1n) is 25.9. The Labute approximate surface area is 414 Å². The van der Waals surface area contributed by atoms with Crippen molar-refractivity contribution in [2.75, 3.05) is 27.9 Å². The van der Waals surface area contributed by atoms with E-state index < -0.39 is 65.4 Å². The van der Waals surface area contributed by atoms with Gasteiger partial charge in [0.25, 0.3) is 11.7 Å². The van der Waals surface area contributed by atoms with Gasteiger partial charge in [0.05, 0.1) is 23.9 Å². The molecule has 2 heterocycles. The van der Waals surface area contributed by atoms with Crippen molar-refractivity contribution < 1.29 is 57.9 Å². The Kier molecular flexibility index (Phi) is 22.3. The van der Waals surface area contributed by atoms with Crippen LogP contribution in [0.3, 0.4) is 0 Å². The summed E-state index contributed by atoms with van der Waals surface area (Å²) < 4.78 is 30.2. The second-order valence-electron chi connectivity index (χ2n) is 22.4. The van der Waals surface area contributed by atoms with Crippen molar-refractivity contribution in [1.82, 2.24) is 4.90 Å². The maximum Gasteiger partial charge on any atom is 0.329 e. The minimum Gasteiger partial charge on any atom is -0.460 e. The number of esters is 1. The number of carbonyl (C=O) groups is 5. The molecule has 1 unspecified atom stereocenters. The summed E-state index contributed by atoms with van der Waals surface area (Å²) >= 11 is 0. The number of amides is 1. The molecule has 0 radical (unpaired) electrons. The number of carbonyl (C=O) groups excluding carboxylic acids is 5. The summed E-state index contributed by atoms with van der Waals surface area (Å²) in [6, 6.07) is -1.07. The molecular formula is C56H89NO12. The maximum absolute atomic E-state index is 14.5. The normalized spacial score (nSPS) is 37.8. The predicted octanol–water partition coefficient (Wildman–Crippen LogP) is 8.67. The third-order valence-corrected chi connectivity index (χ3v) is 15.6. The third kappa shape index (κ3) is 16.1. The average Bonchev–Trinajstić information content (AvgIpc) is 3.30. The van der Waals surface area contributed by atoms with Crippen LogP contribution in [0.4, 0.5) is 0 Å². The lowest BCUT2D eigenvalue weighted by molar-refractivity contribution is -0.171. The summed E-state index contributed by atoms with van der Waals surface area (Å²) in [7, 11) is 4.73. The number of ether oxygens (including phenoxy) is 5. The first-order valence-corrected chi connectivity index (χ1v) is 25.9. The zero-order valence-corrected chi connectivity index (χ0v) is 44.4. The molecule has 2 aliphatic heterocycles. The fourth-order valence-electron chi connectivity index (χ4n) is 11.3. The summed E-state index contributed by atoms with van der Waals surface area (Å²) in [5, 5.41) is 23.7. The van der Waals surface area contributed by atoms with Crippen molar-refractivity contribution in [3.8, 4) is 0 Å². The molecule has 3 fully saturated rings. The molecule has 390 valence electrons. The largest absolute Gasteiger partial charge is 0.460 e. The van der Waals surface area contributed by atoms with Gasteiger partial charge in [-0.15, -0.1) is 0 Å². The molecular weight excluding hydrogens is 879 g/mol. The van der Waals surface area contributed by atoms with Crippen LogP contribution < -0.4 is 0 Å². The fraction of sp³-hybridized carbons (Fsp3) is 0.768. The average molecular weight is 968 g/mol. The van der Waals surface area contributed by atoms with Crippen LogP contribution in [0.1, 0.15) is 153 Å². The molecule has 0 aromatic rings. The van der Waals surface area contributed by atoms with E-state index in [9.17, 15) is 34.2 Å². The number of fused-ring (bicyclic) bond motifs is 3. The van der Waals surface area contributed by atoms with E-state index >= 15 is 0 Å². The van der Waals surface area contributed by atoms with Crippen LogP contribution in [0.25, 0.3) is 0 Å². The number of aliphatic hydroxyl groups excluding tert-OH is 1. The highest BCUT2D eigenvalue weighted by atomic mass is 16.6. The van der Waals surface area contributed by atoms with E-state index in [-0.39, 0.29) is 85.0 Å². The number of hydrogen-bond acceptors (Lipinski definition) is 12. The van der Waals surface area contributed by atoms with Crippen molar-refractivity contribution in [2.24, 2.45) is 41.4 Å². The Balaban J connectivity index is 1.70. The number of cyclic esters (lactones) is 1. The van der Waals surface area contributed by atoms with Gasteiger partial charge in [-0.3, -0.25) is 19.2 Å². The Morgan fingerprint density at radius 1 is 0.841 bits per heavy atom. The van der Waals surface area contributed by atoms with Gasteiger partial charge in [0.15, 0.2) is 5.78 Å². The molecule has 0 spiro atoms. The lowest BCUT2D eigenvalue weighted by Crippen LogP contribution is -2.59. The molecule has 13 heteroatoms. The van der Waals surface area contributed by atoms with Crippen LogP contribution in [-0.2, 0) is 47.7 Å². The van der Waals surface area contributed by atoms with E-state index in [0.29, 0.717) is 44.1 Å². The minimum absolute atomic E-state index is 0.0384. The first kappa shape index (κ1) is 58.2. The topological polar surface area (TPSA) is 175 Å². The summed E-state index contributed by atoms with van der Waals surface area (Å²) in [5.74, 6) is -4.74. The number of rotatable bonds is 7. The highest BCUT2D eigenvalue weighted by Gasteiger charge is 2.51. The quantitative estimate of drug-likeness (QED) is 0.141. The second-order valence-corrected chi connectivity index (χ2v) is 22.4. The van der Waals surface area contributed by atoms with Crippen molar-refractivity contribution >= 4 is 29.2 Å². The third-order valence-electron chi connectivity index (χ3n) is 15.6. The molecule has 2 aliphatic carbocycles. The Morgan fingerprint density at radius 3 is 2.20 bits per heavy atom. The Bertz CT molecular complexity index is 1860. The molecule has 0 aromatic carbocycles. The molecule has 2 N–H and O–H groups in total. The summed E-state index contributed by atoms with van der Waals surface area (Å²) in [6.07, 6.45) is 14.4. The number of piperidine rings is 1. The van der Waals surface area contributed by atoms with Crippen LogP contribution in [0.15, 0.2) is 47.6 Å². The monoisotopic (exact) mass is 968 g/mol. The maximum atomic E-state index is 14.5. The van der Waals surface area contributed by atoms with Crippen molar-refractivity contribution in [2.45, 2.75) is 207 Å². The molecule has 2 saturated carbocycles. The number of nitrogens with zero attached hydrogens (tertiary/aromatic N) is 1. The van der Waals surface area contributed by atoms with E-state index in [0.717, 1.165) is 31.3 Å². The number of allylic oxidation sites excluding steroid dienone is 6. The number of ketones is 3. The van der Waals surface area contributed by atoms with E-state index in [1.807, 2.05) is 78.8 Å². The molecule has 15 atom stereocenters. The predicted molar refractivity (Wildman–Crippen MR) is 267 cm³/mol. The molecule has 4 rings (SSSR count). The van der Waals surface area contributed by atoms with Gasteiger partial charge in [-0.1, -0.05) is 71.1 Å². The Morgan fingerprint density at radius 2 is 1.55 bits per heavy atom. The number of Topliss-reactive ketones (excluding diaryl/α,β-unsaturated/α-hetero) is 3. The fourth-order valence-corrected chi connectivity index (χ4v) is 11.3. The zero-order chi connectivity index (χ0) is 51.4. The lowest BCUT2D eigenvalue weighted by atomic mass is 9.67. The number of methoxy groups -OCH3 is 3. The highest BCUT2D eigenvalue weighted by Crippen LogP contribution is 2.42. The minimum atomic E-state index is -1.92. The number of aliphatic hydroxyl groups is 2. The van der Waals surface area contributed by atoms with Gasteiger partial charge in [-0.25, -0.2) is 4.79 Å². The van der Waals surface area contributed by atoms with Crippen LogP contribution >= 0.6 is 0 Å². The van der Waals surface area contributed by atoms with E-state index in [2.05, 4.69) is 0 Å². The van der Waals surface area contributed by atoms with Crippen LogP contribution in [0, 0.1) is 41.4 Å². The van der Waals surface area contributed by atoms with Crippen LogP contribution in [0.2, 0.25) is 0 Å². The smallest absolute Gasteiger partial charge is 0.329 e. The van der Waals surface area contributed by atoms with Crippen molar-refractivity contribution in [3.05, 3.63) is 47.6 Å². The SMILES string of the molecule is CO[C@H]1C[C@@H]2CC[C@@H](C)[C@@](O)(C2)C(=O)C(=O)N2CCCC[C@H]2C(=O)O[C@H]([C@H](C)CC2CC[C@@H](OC(C)(C)C)[C@H](OC)C2)CC(=O)[C@H](C)/C=C(\C)[C@@H](O)[C@@H](OC)C(=O)[C@H](C)C[C@H](C)/C=C/C=CC=C1C. The van der Waals surface area contributed by atoms with E-state index in [4.69, 9.17) is 23.7 Å². The zero-order valence-electron chi connectivity index (χ0n) is 44.4. The van der Waals surface area contributed by atoms with E-state index in [1.165, 1.54) is 12.0 Å². The van der Waals surface area contributed by atoms with Crippen molar-refractivity contribution in [3.63, 3.8) is 0 Å². The van der Waals surface area contributed by atoms with Gasteiger partial charge in [-0.05, 0) is 152 Å². The molecule has 2 bridgehead atoms. The number of hydrogen-bond donors (Lipinski definition) is 2. The molecule has 13 nitrogen and oxygen atoms in total. The van der Waals surface area contributed by atoms with Crippen LogP contribution in [-0.4, -0.2) is 126 Å². The highest BCUT2D eigenvalue weighted by molar-refractivity contribution is 6.39. The molecule has 1 amide bonds. The van der Waals surface area contributed by atoms with Crippen molar-refractivity contribution in [1.29, 1.82) is 0 Å². The lowest BCUT2D eigenvalue weighted by Gasteiger charge is -2.43. The standard InChI is InChI=1S/C56H89NO12/c1-34-19-15-14-16-20-35(2)46(65-11)31-42-23-22-40(7)56(64,33-42)52(61)53(62)57-26-18-17-21-43(57)54(63)68-47(37(4)29-41-24-25-45(48(30-41)66-12)69-55(8,9)10)32-44(58)36(3)28-39(6)50(60)51(67-13)49(59)38(5)27-34/h14-16,19-20,28,34,36-38,40-43,45-48,50-51,60,64H,17-18,21-27,29-33H2,1-13H3/b16-14?,19-15+,35-20?,39-28+/t34-,36-,37-,38-,40-,41?,42+,43+,45-,46+,47+,48-,50-,51+,56+/m1/s1. The first-order chi connectivity index (χ1) is 32.4. The van der Waals surface area contributed by atoms with Gasteiger partial charge >= 0.3 is 5.97 Å². The van der Waals surface area contributed by atoms with Gasteiger partial charge in [-0.2, -0.15) is 0 Å². The van der Waals surface area contributed by atoms with E-state index in [1.54, 1.807) is 41.1 Å². The van der Waals surface area contributed by atoms with Gasteiger partial charge < -0.3 is 38.8 Å². The van der Waals surface area contributed by atoms with Gasteiger partial charge in [0.1, 0.15) is 35.7 Å². The molecule has 4 aliphatic rings.